The molecule has 0 radical (unpaired) electrons. The van der Waals surface area contributed by atoms with Gasteiger partial charge in [0, 0.05) is 4.90 Å². The average molecular weight is 212 g/mol. The van der Waals surface area contributed by atoms with E-state index in [0.29, 0.717) is 9.92 Å². The molecule has 0 saturated heterocycles. The summed E-state index contributed by atoms with van der Waals surface area (Å²) in [5.41, 5.74) is 0.327. The summed E-state index contributed by atoms with van der Waals surface area (Å²) in [5, 5.41) is 9.52. The monoisotopic (exact) mass is 211 g/mol. The summed E-state index contributed by atoms with van der Waals surface area (Å²) in [4.78, 5) is 0.690. The van der Waals surface area contributed by atoms with E-state index >= 15 is 0 Å². The van der Waals surface area contributed by atoms with Crippen molar-refractivity contribution in [2.75, 3.05) is 0 Å². The van der Waals surface area contributed by atoms with Gasteiger partial charge in [-0.25, -0.2) is 0 Å². The first-order valence-electron chi connectivity index (χ1n) is 3.88. The van der Waals surface area contributed by atoms with E-state index in [-0.39, 0.29) is 0 Å². The molecule has 0 unspecified atom stereocenters. The molecule has 0 fully saturated rings. The Kier molecular flexibility index (Phi) is 2.90. The fourth-order valence-electron chi connectivity index (χ4n) is 1.08. The van der Waals surface area contributed by atoms with Crippen LogP contribution in [0.4, 0.5) is 0 Å². The minimum absolute atomic E-state index is 0.540. The molecule has 0 heterocycles. The highest BCUT2D eigenvalue weighted by Crippen LogP contribution is 2.32. The second kappa shape index (κ2) is 3.61. The first-order chi connectivity index (χ1) is 5.99. The molecule has 68 valence electrons. The summed E-state index contributed by atoms with van der Waals surface area (Å²) < 4.78 is 0. The molecule has 0 aromatic heterocycles. The zero-order valence-corrected chi connectivity index (χ0v) is 9.15. The molecule has 0 aliphatic rings. The van der Waals surface area contributed by atoms with Crippen LogP contribution in [0.15, 0.2) is 23.1 Å². The lowest BCUT2D eigenvalue weighted by atomic mass is 9.86. The van der Waals surface area contributed by atoms with Crippen LogP contribution in [-0.4, -0.2) is 0 Å². The Bertz CT molecular complexity index is 366. The van der Waals surface area contributed by atoms with Crippen LogP contribution in [0.2, 0.25) is 5.02 Å². The predicted octanol–water partition coefficient (Wildman–Crippen LogP) is 3.43. The van der Waals surface area contributed by atoms with Crippen molar-refractivity contribution >= 4 is 24.2 Å². The number of halogens is 1. The zero-order chi connectivity index (χ0) is 10.1. The molecule has 1 rings (SSSR count). The van der Waals surface area contributed by atoms with Crippen molar-refractivity contribution in [1.82, 2.24) is 0 Å². The predicted molar refractivity (Wildman–Crippen MR) is 57.3 cm³/mol. The number of benzene rings is 1. The molecule has 0 amide bonds. The molecule has 0 N–H and O–H groups in total. The van der Waals surface area contributed by atoms with Crippen molar-refractivity contribution in [2.24, 2.45) is 0 Å². The van der Waals surface area contributed by atoms with Gasteiger partial charge in [0.25, 0.3) is 0 Å². The zero-order valence-electron chi connectivity index (χ0n) is 7.50. The van der Waals surface area contributed by atoms with E-state index in [9.17, 15) is 0 Å². The second-order valence-electron chi connectivity index (χ2n) is 3.37. The summed E-state index contributed by atoms with van der Waals surface area (Å²) in [5.74, 6) is 0. The van der Waals surface area contributed by atoms with Crippen molar-refractivity contribution in [3.63, 3.8) is 0 Å². The van der Waals surface area contributed by atoms with Gasteiger partial charge in [-0.2, -0.15) is 5.26 Å². The quantitative estimate of drug-likeness (QED) is 0.707. The molecule has 1 aromatic carbocycles. The van der Waals surface area contributed by atoms with Crippen LogP contribution >= 0.6 is 24.2 Å². The molecule has 13 heavy (non-hydrogen) atoms. The maximum atomic E-state index is 8.94. The molecule has 0 aliphatic carbocycles. The Balaban J connectivity index is 3.33. The van der Waals surface area contributed by atoms with Crippen LogP contribution < -0.4 is 0 Å². The largest absolute Gasteiger partial charge is 0.197 e. The van der Waals surface area contributed by atoms with Gasteiger partial charge in [-0.05, 0) is 25.5 Å². The van der Waals surface area contributed by atoms with Crippen molar-refractivity contribution < 1.29 is 0 Å². The van der Waals surface area contributed by atoms with E-state index in [1.165, 1.54) is 0 Å². The van der Waals surface area contributed by atoms with Crippen molar-refractivity contribution in [1.29, 1.82) is 5.26 Å². The van der Waals surface area contributed by atoms with Crippen molar-refractivity contribution in [3.8, 4) is 6.07 Å². The Morgan fingerprint density at radius 1 is 1.46 bits per heavy atom. The van der Waals surface area contributed by atoms with Gasteiger partial charge in [-0.3, -0.25) is 0 Å². The van der Waals surface area contributed by atoms with Gasteiger partial charge in [0.05, 0.1) is 16.5 Å². The van der Waals surface area contributed by atoms with Gasteiger partial charge in [-0.1, -0.05) is 23.7 Å². The molecule has 0 bridgehead atoms. The standard InChI is InChI=1S/C10H10ClNS/c1-10(2,6-12)7-4-3-5-8(11)9(7)13/h3-5,13H,1-2H3. The summed E-state index contributed by atoms with van der Waals surface area (Å²) in [6, 6.07) is 7.69. The minimum Gasteiger partial charge on any atom is -0.197 e. The van der Waals surface area contributed by atoms with Gasteiger partial charge in [0.15, 0.2) is 0 Å². The number of nitriles is 1. The molecular formula is C10H10ClNS. The van der Waals surface area contributed by atoms with E-state index in [4.69, 9.17) is 16.9 Å². The van der Waals surface area contributed by atoms with E-state index in [1.807, 2.05) is 26.0 Å². The van der Waals surface area contributed by atoms with Crippen molar-refractivity contribution in [3.05, 3.63) is 28.8 Å². The smallest absolute Gasteiger partial charge is 0.0777 e. The van der Waals surface area contributed by atoms with Crippen LogP contribution in [-0.2, 0) is 5.41 Å². The Morgan fingerprint density at radius 2 is 2.08 bits per heavy atom. The average Bonchev–Trinajstić information content (AvgIpc) is 2.09. The fourth-order valence-corrected chi connectivity index (χ4v) is 1.68. The molecule has 0 spiro atoms. The minimum atomic E-state index is -0.540. The van der Waals surface area contributed by atoms with Crippen LogP contribution in [0.5, 0.6) is 0 Å². The SMILES string of the molecule is CC(C)(C#N)c1cccc(Cl)c1S. The molecule has 1 aromatic rings. The van der Waals surface area contributed by atoms with Crippen molar-refractivity contribution in [2.45, 2.75) is 24.2 Å². The molecule has 3 heteroatoms. The maximum absolute atomic E-state index is 8.94. The summed E-state index contributed by atoms with van der Waals surface area (Å²) in [6.45, 7) is 3.69. The van der Waals surface area contributed by atoms with Gasteiger partial charge in [-0.15, -0.1) is 12.6 Å². The first-order valence-corrected chi connectivity index (χ1v) is 4.71. The number of hydrogen-bond acceptors (Lipinski definition) is 2. The maximum Gasteiger partial charge on any atom is 0.0777 e. The third-order valence-electron chi connectivity index (χ3n) is 1.94. The lowest BCUT2D eigenvalue weighted by molar-refractivity contribution is 0.672. The number of hydrogen-bond donors (Lipinski definition) is 1. The Morgan fingerprint density at radius 3 is 2.62 bits per heavy atom. The molecule has 0 aliphatic heterocycles. The Hall–Kier alpha value is -0.650. The second-order valence-corrected chi connectivity index (χ2v) is 4.23. The van der Waals surface area contributed by atoms with Gasteiger partial charge in [0.1, 0.15) is 0 Å². The summed E-state index contributed by atoms with van der Waals surface area (Å²) in [7, 11) is 0. The van der Waals surface area contributed by atoms with E-state index < -0.39 is 5.41 Å². The molecule has 0 saturated carbocycles. The molecular weight excluding hydrogens is 202 g/mol. The highest BCUT2D eigenvalue weighted by atomic mass is 35.5. The van der Waals surface area contributed by atoms with Crippen LogP contribution in [0, 0.1) is 11.3 Å². The summed E-state index contributed by atoms with van der Waals surface area (Å²) >= 11 is 10.2. The first kappa shape index (κ1) is 10.4. The fraction of sp³-hybridized carbons (Fsp3) is 0.300. The van der Waals surface area contributed by atoms with E-state index in [1.54, 1.807) is 6.07 Å². The topological polar surface area (TPSA) is 23.8 Å². The molecule has 0 atom stereocenters. The van der Waals surface area contributed by atoms with Crippen LogP contribution in [0.1, 0.15) is 19.4 Å². The number of thiol groups is 1. The van der Waals surface area contributed by atoms with E-state index in [0.717, 1.165) is 5.56 Å². The van der Waals surface area contributed by atoms with Crippen LogP contribution in [0.25, 0.3) is 0 Å². The third kappa shape index (κ3) is 1.99. The third-order valence-corrected chi connectivity index (χ3v) is 2.87. The Labute approximate surface area is 88.7 Å². The lowest BCUT2D eigenvalue weighted by Crippen LogP contribution is -2.14. The van der Waals surface area contributed by atoms with Gasteiger partial charge >= 0.3 is 0 Å². The van der Waals surface area contributed by atoms with Crippen LogP contribution in [0.3, 0.4) is 0 Å². The highest BCUT2D eigenvalue weighted by Gasteiger charge is 2.22. The highest BCUT2D eigenvalue weighted by molar-refractivity contribution is 7.80. The normalized spacial score (nSPS) is 11.0. The van der Waals surface area contributed by atoms with Gasteiger partial charge in [0.2, 0.25) is 0 Å². The lowest BCUT2D eigenvalue weighted by Gasteiger charge is -2.18. The van der Waals surface area contributed by atoms with Gasteiger partial charge < -0.3 is 0 Å². The van der Waals surface area contributed by atoms with E-state index in [2.05, 4.69) is 18.7 Å². The summed E-state index contributed by atoms with van der Waals surface area (Å²) in [6.07, 6.45) is 0. The number of nitrogens with zero attached hydrogens (tertiary/aromatic N) is 1. The number of rotatable bonds is 1. The molecule has 1 nitrogen and oxygen atoms in total.